The molecule has 1 aliphatic heterocycles. The molecular weight excluding hydrogens is 184 g/mol. The fourth-order valence-corrected chi connectivity index (χ4v) is 1.82. The van der Waals surface area contributed by atoms with Gasteiger partial charge in [-0.2, -0.15) is 0 Å². The number of likely N-dealkylation sites (tertiary alicyclic amines) is 1. The zero-order chi connectivity index (χ0) is 9.68. The van der Waals surface area contributed by atoms with Gasteiger partial charge in [0, 0.05) is 26.7 Å². The number of nitrogens with one attached hydrogen (secondary N) is 1. The third-order valence-electron chi connectivity index (χ3n) is 2.28. The highest BCUT2D eigenvalue weighted by molar-refractivity contribution is 7.80. The van der Waals surface area contributed by atoms with Crippen LogP contribution in [0, 0.1) is 0 Å². The van der Waals surface area contributed by atoms with Crippen molar-refractivity contribution in [1.82, 2.24) is 10.2 Å². The van der Waals surface area contributed by atoms with Crippen molar-refractivity contribution >= 4 is 17.3 Å². The Morgan fingerprint density at radius 3 is 3.08 bits per heavy atom. The van der Waals surface area contributed by atoms with Crippen molar-refractivity contribution in [3.63, 3.8) is 0 Å². The molecule has 0 radical (unpaired) electrons. The summed E-state index contributed by atoms with van der Waals surface area (Å²) in [6, 6.07) is 0. The van der Waals surface area contributed by atoms with Crippen LogP contribution in [0.15, 0.2) is 0 Å². The molecule has 1 unspecified atom stereocenters. The standard InChI is InChI=1S/C9H18N2OS/c1-3-12-8-5-4-6-11(7-8)9(13)10-2/h8H,3-7H2,1-2H3,(H,10,13). The lowest BCUT2D eigenvalue weighted by molar-refractivity contribution is 0.0235. The molecule has 0 aliphatic carbocycles. The molecule has 76 valence electrons. The van der Waals surface area contributed by atoms with Crippen molar-refractivity contribution in [2.24, 2.45) is 0 Å². The minimum Gasteiger partial charge on any atom is -0.377 e. The summed E-state index contributed by atoms with van der Waals surface area (Å²) in [5, 5.41) is 3.84. The Kier molecular flexibility index (Phi) is 4.45. The van der Waals surface area contributed by atoms with Crippen LogP contribution in [0.2, 0.25) is 0 Å². The molecule has 1 aliphatic rings. The fraction of sp³-hybridized carbons (Fsp3) is 0.889. The molecule has 0 aromatic heterocycles. The topological polar surface area (TPSA) is 24.5 Å². The quantitative estimate of drug-likeness (QED) is 0.675. The van der Waals surface area contributed by atoms with E-state index in [0.717, 1.165) is 31.2 Å². The normalized spacial score (nSPS) is 22.9. The second-order valence-electron chi connectivity index (χ2n) is 3.22. The van der Waals surface area contributed by atoms with E-state index in [1.54, 1.807) is 0 Å². The van der Waals surface area contributed by atoms with E-state index in [0.29, 0.717) is 6.10 Å². The summed E-state index contributed by atoms with van der Waals surface area (Å²) in [5.74, 6) is 0. The third-order valence-corrected chi connectivity index (χ3v) is 2.74. The first-order chi connectivity index (χ1) is 6.27. The Morgan fingerprint density at radius 1 is 1.69 bits per heavy atom. The monoisotopic (exact) mass is 202 g/mol. The van der Waals surface area contributed by atoms with Crippen LogP contribution < -0.4 is 5.32 Å². The molecule has 13 heavy (non-hydrogen) atoms. The van der Waals surface area contributed by atoms with Crippen molar-refractivity contribution < 1.29 is 4.74 Å². The molecule has 1 N–H and O–H groups in total. The first-order valence-electron chi connectivity index (χ1n) is 4.86. The molecule has 1 heterocycles. The average Bonchev–Trinajstić information content (AvgIpc) is 2.18. The minimum absolute atomic E-state index is 0.366. The van der Waals surface area contributed by atoms with E-state index in [1.807, 2.05) is 14.0 Å². The highest BCUT2D eigenvalue weighted by Gasteiger charge is 2.20. The van der Waals surface area contributed by atoms with E-state index in [1.165, 1.54) is 6.42 Å². The fourth-order valence-electron chi connectivity index (χ4n) is 1.65. The average molecular weight is 202 g/mol. The summed E-state index contributed by atoms with van der Waals surface area (Å²) in [6.45, 7) is 4.83. The van der Waals surface area contributed by atoms with E-state index in [2.05, 4.69) is 10.2 Å². The molecule has 1 saturated heterocycles. The summed E-state index contributed by atoms with van der Waals surface area (Å²) in [6.07, 6.45) is 2.70. The first kappa shape index (κ1) is 10.7. The van der Waals surface area contributed by atoms with Gasteiger partial charge in [0.25, 0.3) is 0 Å². The summed E-state index contributed by atoms with van der Waals surface area (Å²) in [5.41, 5.74) is 0. The predicted octanol–water partition coefficient (Wildman–Crippen LogP) is 0.992. The number of nitrogens with zero attached hydrogens (tertiary/aromatic N) is 1. The SMILES string of the molecule is CCOC1CCCN(C(=S)NC)C1. The molecule has 1 rings (SSSR count). The molecule has 0 bridgehead atoms. The summed E-state index contributed by atoms with van der Waals surface area (Å²) in [7, 11) is 1.87. The predicted molar refractivity (Wildman–Crippen MR) is 57.9 cm³/mol. The van der Waals surface area contributed by atoms with Gasteiger partial charge in [-0.3, -0.25) is 0 Å². The Bertz CT molecular complexity index is 173. The Morgan fingerprint density at radius 2 is 2.46 bits per heavy atom. The molecule has 0 amide bonds. The lowest BCUT2D eigenvalue weighted by atomic mass is 10.1. The second kappa shape index (κ2) is 5.40. The number of thiocarbonyl (C=S) groups is 1. The molecular formula is C9H18N2OS. The van der Waals surface area contributed by atoms with E-state index in [-0.39, 0.29) is 0 Å². The number of rotatable bonds is 2. The van der Waals surface area contributed by atoms with Crippen LogP contribution in [0.1, 0.15) is 19.8 Å². The van der Waals surface area contributed by atoms with Gasteiger partial charge in [-0.15, -0.1) is 0 Å². The van der Waals surface area contributed by atoms with Gasteiger partial charge in [0.2, 0.25) is 0 Å². The van der Waals surface area contributed by atoms with Crippen molar-refractivity contribution in [2.75, 3.05) is 26.7 Å². The van der Waals surface area contributed by atoms with Crippen LogP contribution in [-0.4, -0.2) is 42.9 Å². The van der Waals surface area contributed by atoms with Crippen LogP contribution in [0.4, 0.5) is 0 Å². The van der Waals surface area contributed by atoms with E-state index < -0.39 is 0 Å². The Hall–Kier alpha value is -0.350. The number of hydrogen-bond acceptors (Lipinski definition) is 2. The van der Waals surface area contributed by atoms with Gasteiger partial charge in [0.1, 0.15) is 0 Å². The highest BCUT2D eigenvalue weighted by atomic mass is 32.1. The van der Waals surface area contributed by atoms with Crippen molar-refractivity contribution in [1.29, 1.82) is 0 Å². The molecule has 0 aromatic carbocycles. The minimum atomic E-state index is 0.366. The lowest BCUT2D eigenvalue weighted by Gasteiger charge is -2.33. The van der Waals surface area contributed by atoms with Crippen molar-refractivity contribution in [3.8, 4) is 0 Å². The van der Waals surface area contributed by atoms with Crippen LogP contribution in [-0.2, 0) is 4.74 Å². The van der Waals surface area contributed by atoms with Gasteiger partial charge in [0.15, 0.2) is 5.11 Å². The van der Waals surface area contributed by atoms with Gasteiger partial charge in [-0.05, 0) is 32.0 Å². The molecule has 1 atom stereocenters. The van der Waals surface area contributed by atoms with Crippen LogP contribution >= 0.6 is 12.2 Å². The first-order valence-corrected chi connectivity index (χ1v) is 5.27. The zero-order valence-electron chi connectivity index (χ0n) is 8.38. The highest BCUT2D eigenvalue weighted by Crippen LogP contribution is 2.12. The maximum absolute atomic E-state index is 5.58. The number of ether oxygens (including phenoxy) is 1. The van der Waals surface area contributed by atoms with Crippen LogP contribution in [0.5, 0.6) is 0 Å². The largest absolute Gasteiger partial charge is 0.377 e. The lowest BCUT2D eigenvalue weighted by Crippen LogP contribution is -2.46. The second-order valence-corrected chi connectivity index (χ2v) is 3.61. The third kappa shape index (κ3) is 3.12. The van der Waals surface area contributed by atoms with E-state index >= 15 is 0 Å². The molecule has 0 saturated carbocycles. The molecule has 0 aromatic rings. The summed E-state index contributed by atoms with van der Waals surface area (Å²) < 4.78 is 5.58. The molecule has 0 spiro atoms. The van der Waals surface area contributed by atoms with Gasteiger partial charge >= 0.3 is 0 Å². The maximum Gasteiger partial charge on any atom is 0.168 e. The van der Waals surface area contributed by atoms with Crippen molar-refractivity contribution in [3.05, 3.63) is 0 Å². The molecule has 4 heteroatoms. The van der Waals surface area contributed by atoms with Gasteiger partial charge < -0.3 is 15.0 Å². The Balaban J connectivity index is 2.37. The molecule has 1 fully saturated rings. The van der Waals surface area contributed by atoms with Crippen LogP contribution in [0.3, 0.4) is 0 Å². The smallest absolute Gasteiger partial charge is 0.168 e. The van der Waals surface area contributed by atoms with Crippen molar-refractivity contribution in [2.45, 2.75) is 25.9 Å². The van der Waals surface area contributed by atoms with E-state index in [4.69, 9.17) is 17.0 Å². The van der Waals surface area contributed by atoms with Crippen LogP contribution in [0.25, 0.3) is 0 Å². The van der Waals surface area contributed by atoms with Gasteiger partial charge in [-0.25, -0.2) is 0 Å². The van der Waals surface area contributed by atoms with E-state index in [9.17, 15) is 0 Å². The van der Waals surface area contributed by atoms with Gasteiger partial charge in [-0.1, -0.05) is 0 Å². The maximum atomic E-state index is 5.58. The number of piperidine rings is 1. The summed E-state index contributed by atoms with van der Waals surface area (Å²) in [4.78, 5) is 2.18. The zero-order valence-corrected chi connectivity index (χ0v) is 9.19. The number of hydrogen-bond donors (Lipinski definition) is 1. The molecule has 3 nitrogen and oxygen atoms in total. The van der Waals surface area contributed by atoms with Gasteiger partial charge in [0.05, 0.1) is 6.10 Å². The Labute approximate surface area is 85.4 Å². The summed E-state index contributed by atoms with van der Waals surface area (Å²) >= 11 is 5.17.